The monoisotopic (exact) mass is 288 g/mol. The van der Waals surface area contributed by atoms with E-state index in [-0.39, 0.29) is 31.2 Å². The Bertz CT molecular complexity index is 202. The van der Waals surface area contributed by atoms with Crippen molar-refractivity contribution in [2.45, 2.75) is 0 Å². The van der Waals surface area contributed by atoms with E-state index >= 15 is 0 Å². The molecule has 0 aromatic rings. The largest absolute Gasteiger partial charge is 0.513 e. The van der Waals surface area contributed by atoms with Gasteiger partial charge in [0.05, 0.1) is 0 Å². The summed E-state index contributed by atoms with van der Waals surface area (Å²) < 4.78 is 27.1. The van der Waals surface area contributed by atoms with Crippen molar-refractivity contribution in [1.82, 2.24) is 0 Å². The van der Waals surface area contributed by atoms with Gasteiger partial charge >= 0.3 is 12.3 Å². The lowest BCUT2D eigenvalue weighted by atomic mass is 11.2. The van der Waals surface area contributed by atoms with Crippen molar-refractivity contribution < 1.29 is 37.6 Å². The summed E-state index contributed by atoms with van der Waals surface area (Å²) in [6, 6.07) is 0. The summed E-state index contributed by atoms with van der Waals surface area (Å²) in [7, 11) is 0.408. The van der Waals surface area contributed by atoms with E-state index in [0.717, 1.165) is 0 Å². The highest BCUT2D eigenvalue weighted by molar-refractivity contribution is 7.31. The lowest BCUT2D eigenvalue weighted by Gasteiger charge is -2.07. The van der Waals surface area contributed by atoms with E-state index in [0.29, 0.717) is 0 Å². The molecule has 0 aromatic carbocycles. The Hall–Kier alpha value is -0.680. The first-order valence-corrected chi connectivity index (χ1v) is 7.18. The van der Waals surface area contributed by atoms with Gasteiger partial charge in [-0.05, 0) is 13.3 Å². The zero-order chi connectivity index (χ0) is 12.9. The van der Waals surface area contributed by atoms with Gasteiger partial charge in [-0.1, -0.05) is 0 Å². The number of rotatable bonds is 8. The van der Waals surface area contributed by atoms with E-state index in [4.69, 9.17) is 9.05 Å². The standard InChI is InChI=1S/C7H14O8P2/c1-16-14-4-12-6(8)10-3-11-7(9)13-5-15-17-2/h16-17H,3-5H2,1-2H3. The maximum Gasteiger partial charge on any atom is 0.513 e. The number of hydrogen-bond acceptors (Lipinski definition) is 8. The average Bonchev–Trinajstić information content (AvgIpc) is 2.30. The van der Waals surface area contributed by atoms with Crippen LogP contribution in [0.15, 0.2) is 0 Å². The molecule has 0 spiro atoms. The van der Waals surface area contributed by atoms with Crippen LogP contribution in [0.4, 0.5) is 9.59 Å². The summed E-state index contributed by atoms with van der Waals surface area (Å²) >= 11 is 0. The maximum atomic E-state index is 10.8. The predicted molar refractivity (Wildman–Crippen MR) is 60.4 cm³/mol. The molecule has 2 unspecified atom stereocenters. The molecule has 0 N–H and O–H groups in total. The Morgan fingerprint density at radius 1 is 0.765 bits per heavy atom. The molecule has 17 heavy (non-hydrogen) atoms. The molecule has 100 valence electrons. The average molecular weight is 288 g/mol. The molecule has 0 amide bonds. The van der Waals surface area contributed by atoms with Crippen LogP contribution in [-0.2, 0) is 28.0 Å². The molecule has 0 aromatic heterocycles. The number of carbonyl (C=O) groups is 2. The van der Waals surface area contributed by atoms with Gasteiger partial charge in [-0.15, -0.1) is 0 Å². The zero-order valence-corrected chi connectivity index (χ0v) is 11.4. The van der Waals surface area contributed by atoms with Crippen LogP contribution in [0.3, 0.4) is 0 Å². The molecule has 2 atom stereocenters. The van der Waals surface area contributed by atoms with Gasteiger partial charge in [0.2, 0.25) is 6.79 Å². The highest BCUT2D eigenvalue weighted by Gasteiger charge is 2.07. The van der Waals surface area contributed by atoms with Crippen LogP contribution in [0.2, 0.25) is 0 Å². The number of ether oxygens (including phenoxy) is 4. The second-order valence-corrected chi connectivity index (χ2v) is 3.52. The van der Waals surface area contributed by atoms with Crippen molar-refractivity contribution in [1.29, 1.82) is 0 Å². The van der Waals surface area contributed by atoms with Crippen LogP contribution in [0.25, 0.3) is 0 Å². The molecular weight excluding hydrogens is 274 g/mol. The SMILES string of the molecule is CPOCOC(=O)OCOC(=O)OCOPC. The van der Waals surface area contributed by atoms with Crippen LogP contribution in [0.1, 0.15) is 0 Å². The Labute approximate surface area is 102 Å². The van der Waals surface area contributed by atoms with Gasteiger partial charge in [-0.25, -0.2) is 9.59 Å². The Morgan fingerprint density at radius 3 is 1.47 bits per heavy atom. The summed E-state index contributed by atoms with van der Waals surface area (Å²) in [6.07, 6.45) is -2.00. The lowest BCUT2D eigenvalue weighted by Crippen LogP contribution is -2.15. The molecule has 0 radical (unpaired) electrons. The van der Waals surface area contributed by atoms with Gasteiger partial charge in [0.25, 0.3) is 0 Å². The van der Waals surface area contributed by atoms with E-state index in [2.05, 4.69) is 18.9 Å². The zero-order valence-electron chi connectivity index (χ0n) is 9.39. The Kier molecular flexibility index (Phi) is 11.3. The second-order valence-electron chi connectivity index (χ2n) is 2.13. The van der Waals surface area contributed by atoms with Gasteiger partial charge in [-0.3, -0.25) is 0 Å². The first-order chi connectivity index (χ1) is 8.20. The lowest BCUT2D eigenvalue weighted by molar-refractivity contribution is -0.0604. The van der Waals surface area contributed by atoms with Gasteiger partial charge < -0.3 is 28.0 Å². The third-order valence-electron chi connectivity index (χ3n) is 1.11. The number of carbonyl (C=O) groups excluding carboxylic acids is 2. The van der Waals surface area contributed by atoms with Crippen LogP contribution < -0.4 is 0 Å². The van der Waals surface area contributed by atoms with E-state index in [9.17, 15) is 9.59 Å². The fourth-order valence-electron chi connectivity index (χ4n) is 0.482. The first-order valence-electron chi connectivity index (χ1n) is 4.37. The molecule has 10 heteroatoms. The molecule has 0 heterocycles. The summed E-state index contributed by atoms with van der Waals surface area (Å²) in [5, 5.41) is 0. The van der Waals surface area contributed by atoms with Crippen LogP contribution >= 0.6 is 17.6 Å². The predicted octanol–water partition coefficient (Wildman–Crippen LogP) is 1.65. The van der Waals surface area contributed by atoms with Crippen molar-refractivity contribution in [3.63, 3.8) is 0 Å². The molecular formula is C7H14O8P2. The number of hydrogen-bond donors (Lipinski definition) is 0. The molecule has 0 bridgehead atoms. The minimum Gasteiger partial charge on any atom is -0.407 e. The fourth-order valence-corrected chi connectivity index (χ4v) is 0.836. The highest BCUT2D eigenvalue weighted by atomic mass is 31.1. The topological polar surface area (TPSA) is 89.5 Å². The molecule has 0 aliphatic rings. The second kappa shape index (κ2) is 11.8. The molecule has 0 rings (SSSR count). The fraction of sp³-hybridized carbons (Fsp3) is 0.714. The maximum absolute atomic E-state index is 10.8. The van der Waals surface area contributed by atoms with Crippen LogP contribution in [-0.4, -0.2) is 46.0 Å². The van der Waals surface area contributed by atoms with Crippen LogP contribution in [0, 0.1) is 0 Å². The van der Waals surface area contributed by atoms with Gasteiger partial charge in [-0.2, -0.15) is 0 Å². The van der Waals surface area contributed by atoms with Crippen molar-refractivity contribution >= 4 is 29.9 Å². The van der Waals surface area contributed by atoms with Gasteiger partial charge in [0.15, 0.2) is 13.6 Å². The van der Waals surface area contributed by atoms with E-state index in [1.807, 2.05) is 0 Å². The summed E-state index contributed by atoms with van der Waals surface area (Å²) in [5.41, 5.74) is 0. The summed E-state index contributed by atoms with van der Waals surface area (Å²) in [4.78, 5) is 21.6. The first kappa shape index (κ1) is 16.3. The van der Waals surface area contributed by atoms with E-state index < -0.39 is 19.1 Å². The summed E-state index contributed by atoms with van der Waals surface area (Å²) in [5.74, 6) is 0. The van der Waals surface area contributed by atoms with Crippen molar-refractivity contribution in [3.8, 4) is 0 Å². The van der Waals surface area contributed by atoms with E-state index in [1.165, 1.54) is 0 Å². The molecule has 0 saturated heterocycles. The third kappa shape index (κ3) is 11.6. The molecule has 8 nitrogen and oxygen atoms in total. The van der Waals surface area contributed by atoms with Crippen molar-refractivity contribution in [3.05, 3.63) is 0 Å². The minimum atomic E-state index is -0.998. The van der Waals surface area contributed by atoms with Gasteiger partial charge in [0, 0.05) is 17.6 Å². The van der Waals surface area contributed by atoms with Crippen molar-refractivity contribution in [2.75, 3.05) is 33.7 Å². The van der Waals surface area contributed by atoms with Crippen molar-refractivity contribution in [2.24, 2.45) is 0 Å². The Morgan fingerprint density at radius 2 is 1.12 bits per heavy atom. The minimum absolute atomic E-state index is 0.204. The molecule has 0 saturated carbocycles. The normalized spacial score (nSPS) is 10.9. The van der Waals surface area contributed by atoms with E-state index in [1.54, 1.807) is 13.3 Å². The summed E-state index contributed by atoms with van der Waals surface area (Å²) in [6.45, 7) is 2.53. The van der Waals surface area contributed by atoms with Crippen LogP contribution in [0.5, 0.6) is 0 Å². The molecule has 0 fully saturated rings. The molecule has 0 aliphatic carbocycles. The van der Waals surface area contributed by atoms with Gasteiger partial charge in [0.1, 0.15) is 0 Å². The third-order valence-corrected chi connectivity index (χ3v) is 1.93. The highest BCUT2D eigenvalue weighted by Crippen LogP contribution is 2.04. The Balaban J connectivity index is 3.36. The molecule has 0 aliphatic heterocycles. The quantitative estimate of drug-likeness (QED) is 0.288. The smallest absolute Gasteiger partial charge is 0.407 e.